The highest BCUT2D eigenvalue weighted by Gasteiger charge is 2.23. The summed E-state index contributed by atoms with van der Waals surface area (Å²) in [5, 5.41) is 3.14. The molecule has 1 N–H and O–H groups in total. The van der Waals surface area contributed by atoms with Gasteiger partial charge in [0.2, 0.25) is 0 Å². The second-order valence-electron chi connectivity index (χ2n) is 3.18. The number of rotatable bonds is 7. The molecule has 0 bridgehead atoms. The summed E-state index contributed by atoms with van der Waals surface area (Å²) in [7, 11) is 1.85. The lowest BCUT2D eigenvalue weighted by molar-refractivity contribution is -0.155. The van der Waals surface area contributed by atoms with Gasteiger partial charge in [-0.15, -0.1) is 0 Å². The fraction of sp³-hybridized carbons (Fsp3) is 0.636. The lowest BCUT2D eigenvalue weighted by atomic mass is 10.2. The van der Waals surface area contributed by atoms with Crippen LogP contribution in [0.1, 0.15) is 25.6 Å². The van der Waals surface area contributed by atoms with Crippen molar-refractivity contribution in [3.8, 4) is 0 Å². The molecule has 1 aromatic rings. The van der Waals surface area contributed by atoms with Gasteiger partial charge >= 0.3 is 0 Å². The van der Waals surface area contributed by atoms with Gasteiger partial charge < -0.3 is 14.8 Å². The molecule has 1 rings (SSSR count). The van der Waals surface area contributed by atoms with E-state index in [4.69, 9.17) is 9.47 Å². The highest BCUT2D eigenvalue weighted by molar-refractivity contribution is 5.03. The molecule has 0 saturated heterocycles. The smallest absolute Gasteiger partial charge is 0.178 e. The number of ether oxygens (including phenoxy) is 2. The first kappa shape index (κ1) is 13.0. The lowest BCUT2D eigenvalue weighted by Crippen LogP contribution is -2.34. The summed E-state index contributed by atoms with van der Waals surface area (Å²) >= 11 is 0. The third kappa shape index (κ3) is 3.52. The Balaban J connectivity index is 2.77. The van der Waals surface area contributed by atoms with Crippen molar-refractivity contribution in [2.75, 3.05) is 20.3 Å². The number of nitrogens with one attached hydrogen (secondary N) is 1. The van der Waals surface area contributed by atoms with Gasteiger partial charge in [0, 0.05) is 25.6 Å². The number of nitrogens with zero attached hydrogens (tertiary/aromatic N) is 2. The van der Waals surface area contributed by atoms with E-state index in [0.29, 0.717) is 13.2 Å². The first-order valence-electron chi connectivity index (χ1n) is 5.49. The van der Waals surface area contributed by atoms with Gasteiger partial charge in [-0.2, -0.15) is 0 Å². The third-order valence-corrected chi connectivity index (χ3v) is 2.15. The highest BCUT2D eigenvalue weighted by Crippen LogP contribution is 2.17. The van der Waals surface area contributed by atoms with E-state index in [9.17, 15) is 0 Å². The monoisotopic (exact) mass is 225 g/mol. The summed E-state index contributed by atoms with van der Waals surface area (Å²) < 4.78 is 11.1. The number of likely N-dealkylation sites (N-methyl/N-ethyl adjacent to an activating group) is 1. The molecule has 90 valence electrons. The Kier molecular flexibility index (Phi) is 5.92. The zero-order chi connectivity index (χ0) is 11.8. The van der Waals surface area contributed by atoms with Crippen LogP contribution in [0.15, 0.2) is 18.6 Å². The van der Waals surface area contributed by atoms with Crippen molar-refractivity contribution in [3.63, 3.8) is 0 Å². The van der Waals surface area contributed by atoms with Crippen LogP contribution in [0.2, 0.25) is 0 Å². The van der Waals surface area contributed by atoms with Crippen LogP contribution in [0.3, 0.4) is 0 Å². The summed E-state index contributed by atoms with van der Waals surface area (Å²) in [4.78, 5) is 8.29. The summed E-state index contributed by atoms with van der Waals surface area (Å²) in [6.45, 7) is 5.08. The number of hydrogen-bond acceptors (Lipinski definition) is 5. The van der Waals surface area contributed by atoms with Crippen LogP contribution in [-0.4, -0.2) is 36.5 Å². The fourth-order valence-corrected chi connectivity index (χ4v) is 1.46. The maximum Gasteiger partial charge on any atom is 0.178 e. The third-order valence-electron chi connectivity index (χ3n) is 2.15. The molecule has 5 nitrogen and oxygen atoms in total. The molecule has 0 aromatic carbocycles. The largest absolute Gasteiger partial charge is 0.351 e. The van der Waals surface area contributed by atoms with Crippen molar-refractivity contribution in [1.29, 1.82) is 0 Å². The molecule has 16 heavy (non-hydrogen) atoms. The molecule has 1 unspecified atom stereocenters. The maximum atomic E-state index is 5.54. The van der Waals surface area contributed by atoms with Gasteiger partial charge in [0.15, 0.2) is 6.29 Å². The second kappa shape index (κ2) is 7.27. The van der Waals surface area contributed by atoms with Crippen molar-refractivity contribution >= 4 is 0 Å². The Bertz CT molecular complexity index is 276. The van der Waals surface area contributed by atoms with Gasteiger partial charge in [-0.3, -0.25) is 9.97 Å². The van der Waals surface area contributed by atoms with Crippen LogP contribution >= 0.6 is 0 Å². The molecule has 5 heteroatoms. The van der Waals surface area contributed by atoms with Crippen molar-refractivity contribution in [2.45, 2.75) is 26.2 Å². The van der Waals surface area contributed by atoms with E-state index in [0.717, 1.165) is 5.69 Å². The Morgan fingerprint density at radius 3 is 2.38 bits per heavy atom. The van der Waals surface area contributed by atoms with Crippen LogP contribution in [0.4, 0.5) is 0 Å². The first-order chi connectivity index (χ1) is 7.83. The van der Waals surface area contributed by atoms with Gasteiger partial charge in [0.25, 0.3) is 0 Å². The number of aromatic nitrogens is 2. The van der Waals surface area contributed by atoms with Gasteiger partial charge in [-0.05, 0) is 20.9 Å². The second-order valence-corrected chi connectivity index (χ2v) is 3.18. The predicted molar refractivity (Wildman–Crippen MR) is 60.9 cm³/mol. The van der Waals surface area contributed by atoms with E-state index >= 15 is 0 Å². The highest BCUT2D eigenvalue weighted by atomic mass is 16.7. The van der Waals surface area contributed by atoms with Crippen LogP contribution in [0.25, 0.3) is 0 Å². The standard InChI is InChI=1S/C11H19N3O2/c1-4-15-11(16-5-2)10(12-3)9-8-13-6-7-14-9/h6-8,10-12H,4-5H2,1-3H3. The molecule has 0 spiro atoms. The minimum atomic E-state index is -0.336. The quantitative estimate of drug-likeness (QED) is 0.705. The van der Waals surface area contributed by atoms with Crippen LogP contribution in [-0.2, 0) is 9.47 Å². The lowest BCUT2D eigenvalue weighted by Gasteiger charge is -2.25. The average molecular weight is 225 g/mol. The Labute approximate surface area is 96.2 Å². The molecule has 0 aliphatic rings. The first-order valence-corrected chi connectivity index (χ1v) is 5.49. The SMILES string of the molecule is CCOC(OCC)C(NC)c1cnccn1. The topological polar surface area (TPSA) is 56.3 Å². The zero-order valence-electron chi connectivity index (χ0n) is 10.0. The van der Waals surface area contributed by atoms with E-state index in [-0.39, 0.29) is 12.3 Å². The summed E-state index contributed by atoms with van der Waals surface area (Å²) in [6.07, 6.45) is 4.68. The summed E-state index contributed by atoms with van der Waals surface area (Å²) in [5.41, 5.74) is 0.817. The van der Waals surface area contributed by atoms with Gasteiger partial charge in [0.1, 0.15) is 6.04 Å². The predicted octanol–water partition coefficient (Wildman–Crippen LogP) is 1.14. The van der Waals surface area contributed by atoms with Crippen LogP contribution < -0.4 is 5.32 Å². The van der Waals surface area contributed by atoms with Gasteiger partial charge in [-0.25, -0.2) is 0 Å². The van der Waals surface area contributed by atoms with Crippen molar-refractivity contribution in [2.24, 2.45) is 0 Å². The maximum absolute atomic E-state index is 5.54. The van der Waals surface area contributed by atoms with Crippen LogP contribution in [0.5, 0.6) is 0 Å². The van der Waals surface area contributed by atoms with Crippen molar-refractivity contribution in [3.05, 3.63) is 24.3 Å². The molecule has 1 aromatic heterocycles. The Morgan fingerprint density at radius 2 is 1.94 bits per heavy atom. The van der Waals surface area contributed by atoms with E-state index in [2.05, 4.69) is 15.3 Å². The molecule has 0 amide bonds. The van der Waals surface area contributed by atoms with E-state index in [1.165, 1.54) is 0 Å². The molecule has 0 radical (unpaired) electrons. The zero-order valence-corrected chi connectivity index (χ0v) is 10.0. The summed E-state index contributed by atoms with van der Waals surface area (Å²) in [5.74, 6) is 0. The van der Waals surface area contributed by atoms with E-state index in [1.807, 2.05) is 20.9 Å². The average Bonchev–Trinajstić information content (AvgIpc) is 2.32. The minimum Gasteiger partial charge on any atom is -0.351 e. The van der Waals surface area contributed by atoms with Gasteiger partial charge in [-0.1, -0.05) is 0 Å². The Hall–Kier alpha value is -1.04. The summed E-state index contributed by atoms with van der Waals surface area (Å²) in [6, 6.07) is -0.103. The van der Waals surface area contributed by atoms with Crippen LogP contribution in [0, 0.1) is 0 Å². The molecular weight excluding hydrogens is 206 g/mol. The molecule has 0 fully saturated rings. The molecule has 0 saturated carbocycles. The minimum absolute atomic E-state index is 0.103. The normalized spacial score (nSPS) is 13.0. The molecular formula is C11H19N3O2. The number of hydrogen-bond donors (Lipinski definition) is 1. The Morgan fingerprint density at radius 1 is 1.25 bits per heavy atom. The van der Waals surface area contributed by atoms with Crippen molar-refractivity contribution < 1.29 is 9.47 Å². The molecule has 0 aliphatic heterocycles. The van der Waals surface area contributed by atoms with Crippen molar-refractivity contribution in [1.82, 2.24) is 15.3 Å². The fourth-order valence-electron chi connectivity index (χ4n) is 1.46. The molecule has 1 atom stereocenters. The van der Waals surface area contributed by atoms with E-state index in [1.54, 1.807) is 18.6 Å². The van der Waals surface area contributed by atoms with Gasteiger partial charge in [0.05, 0.1) is 11.9 Å². The van der Waals surface area contributed by atoms with E-state index < -0.39 is 0 Å². The molecule has 0 aliphatic carbocycles. The molecule has 1 heterocycles.